The lowest BCUT2D eigenvalue weighted by atomic mass is 9.92. The van der Waals surface area contributed by atoms with Gasteiger partial charge in [0.2, 0.25) is 0 Å². The molecule has 3 aromatic rings. The molecule has 1 aliphatic carbocycles. The molecule has 1 saturated heterocycles. The van der Waals surface area contributed by atoms with Crippen LogP contribution in [0, 0.1) is 0 Å². The summed E-state index contributed by atoms with van der Waals surface area (Å²) in [6.07, 6.45) is 5.41. The number of hydrogen-bond acceptors (Lipinski definition) is 4. The normalized spacial score (nSPS) is 20.1. The quantitative estimate of drug-likeness (QED) is 0.753. The molecule has 2 aliphatic rings. The van der Waals surface area contributed by atoms with E-state index in [1.54, 1.807) is 0 Å². The van der Waals surface area contributed by atoms with Crippen molar-refractivity contribution in [3.8, 4) is 0 Å². The number of nitrogens with one attached hydrogen (secondary N) is 1. The van der Waals surface area contributed by atoms with Gasteiger partial charge >= 0.3 is 0 Å². The standard InChI is InChI=1S/C21H21N3O3/c25-17-8-3-9-18-19(17)14(12-27-18)21(26)24-10-4-5-13(11-24)20-22-15-6-1-2-7-16(15)23-20/h1-2,6-7,12-13H,3-5,8-11H2,(H,22,23)/t13-/m0/s1. The first-order valence-electron chi connectivity index (χ1n) is 9.58. The molecular weight excluding hydrogens is 342 g/mol. The number of fused-ring (bicyclic) bond motifs is 2. The number of imidazole rings is 1. The topological polar surface area (TPSA) is 79.2 Å². The molecule has 27 heavy (non-hydrogen) atoms. The first-order chi connectivity index (χ1) is 13.2. The van der Waals surface area contributed by atoms with Gasteiger partial charge in [-0.05, 0) is 31.4 Å². The Morgan fingerprint density at radius 3 is 3.00 bits per heavy atom. The molecule has 5 rings (SSSR count). The van der Waals surface area contributed by atoms with E-state index in [9.17, 15) is 9.59 Å². The Morgan fingerprint density at radius 1 is 1.22 bits per heavy atom. The summed E-state index contributed by atoms with van der Waals surface area (Å²) in [4.78, 5) is 35.4. The monoisotopic (exact) mass is 363 g/mol. The SMILES string of the molecule is O=C1CCCc2occ(C(=O)N3CCC[C@H](c4nc5ccccc5[nH]4)C3)c21. The Kier molecular flexibility index (Phi) is 3.85. The number of carbonyl (C=O) groups is 2. The Hall–Kier alpha value is -2.89. The number of aryl methyl sites for hydroxylation is 1. The zero-order valence-corrected chi connectivity index (χ0v) is 15.0. The average molecular weight is 363 g/mol. The number of aromatic amines is 1. The molecule has 2 aromatic heterocycles. The van der Waals surface area contributed by atoms with Crippen molar-refractivity contribution in [3.63, 3.8) is 0 Å². The van der Waals surface area contributed by atoms with Crippen molar-refractivity contribution >= 4 is 22.7 Å². The average Bonchev–Trinajstić information content (AvgIpc) is 3.32. The number of carbonyl (C=O) groups excluding carboxylic acids is 2. The van der Waals surface area contributed by atoms with E-state index in [1.807, 2.05) is 29.2 Å². The van der Waals surface area contributed by atoms with E-state index >= 15 is 0 Å². The second-order valence-electron chi connectivity index (χ2n) is 7.45. The van der Waals surface area contributed by atoms with Gasteiger partial charge in [-0.2, -0.15) is 0 Å². The number of piperidine rings is 1. The Morgan fingerprint density at radius 2 is 2.11 bits per heavy atom. The summed E-state index contributed by atoms with van der Waals surface area (Å²) in [5, 5.41) is 0. The zero-order valence-electron chi connectivity index (χ0n) is 15.0. The highest BCUT2D eigenvalue weighted by Gasteiger charge is 2.33. The van der Waals surface area contributed by atoms with Gasteiger partial charge in [0.05, 0.1) is 22.2 Å². The van der Waals surface area contributed by atoms with Crippen LogP contribution in [0.25, 0.3) is 11.0 Å². The van der Waals surface area contributed by atoms with Crippen LogP contribution in [0.5, 0.6) is 0 Å². The van der Waals surface area contributed by atoms with Gasteiger partial charge in [0.15, 0.2) is 5.78 Å². The van der Waals surface area contributed by atoms with E-state index in [-0.39, 0.29) is 17.6 Å². The molecule has 0 spiro atoms. The van der Waals surface area contributed by atoms with Crippen molar-refractivity contribution in [2.45, 2.75) is 38.0 Å². The summed E-state index contributed by atoms with van der Waals surface area (Å²) in [5.74, 6) is 1.70. The molecule has 1 aliphatic heterocycles. The fraction of sp³-hybridized carbons (Fsp3) is 0.381. The molecule has 6 heteroatoms. The highest BCUT2D eigenvalue weighted by molar-refractivity contribution is 6.09. The van der Waals surface area contributed by atoms with E-state index in [0.717, 1.165) is 42.5 Å². The third-order valence-corrected chi connectivity index (χ3v) is 5.69. The first kappa shape index (κ1) is 16.3. The molecule has 3 heterocycles. The number of amides is 1. The maximum Gasteiger partial charge on any atom is 0.257 e. The van der Waals surface area contributed by atoms with Gasteiger partial charge in [0.25, 0.3) is 5.91 Å². The van der Waals surface area contributed by atoms with Gasteiger partial charge in [-0.15, -0.1) is 0 Å². The number of rotatable bonds is 2. The Labute approximate surface area is 156 Å². The van der Waals surface area contributed by atoms with E-state index in [2.05, 4.69) is 4.98 Å². The molecule has 1 fully saturated rings. The maximum absolute atomic E-state index is 13.1. The summed E-state index contributed by atoms with van der Waals surface area (Å²) in [6.45, 7) is 1.30. The lowest BCUT2D eigenvalue weighted by Gasteiger charge is -2.31. The van der Waals surface area contributed by atoms with E-state index in [4.69, 9.17) is 9.40 Å². The zero-order chi connectivity index (χ0) is 18.4. The molecule has 1 N–H and O–H groups in total. The number of benzene rings is 1. The van der Waals surface area contributed by atoms with Crippen LogP contribution in [0.3, 0.4) is 0 Å². The minimum absolute atomic E-state index is 0.0270. The molecule has 1 aromatic carbocycles. The third-order valence-electron chi connectivity index (χ3n) is 5.69. The predicted octanol–water partition coefficient (Wildman–Crippen LogP) is 3.69. The van der Waals surface area contributed by atoms with Gasteiger partial charge in [-0.3, -0.25) is 9.59 Å². The first-order valence-corrected chi connectivity index (χ1v) is 9.58. The molecule has 0 unspecified atom stereocenters. The molecule has 0 bridgehead atoms. The predicted molar refractivity (Wildman–Crippen MR) is 99.9 cm³/mol. The molecule has 1 amide bonds. The number of Topliss-reactive ketones (excluding diaryl/α,β-unsaturated/α-hetero) is 1. The van der Waals surface area contributed by atoms with Crippen LogP contribution >= 0.6 is 0 Å². The smallest absolute Gasteiger partial charge is 0.257 e. The second-order valence-corrected chi connectivity index (χ2v) is 7.45. The van der Waals surface area contributed by atoms with Gasteiger partial charge in [-0.1, -0.05) is 12.1 Å². The van der Waals surface area contributed by atoms with Gasteiger partial charge in [-0.25, -0.2) is 4.98 Å². The van der Waals surface area contributed by atoms with E-state index in [1.165, 1.54) is 6.26 Å². The van der Waals surface area contributed by atoms with Crippen LogP contribution in [-0.4, -0.2) is 39.6 Å². The summed E-state index contributed by atoms with van der Waals surface area (Å²) in [7, 11) is 0. The van der Waals surface area contributed by atoms with Crippen LogP contribution in [0.1, 0.15) is 63.9 Å². The molecule has 6 nitrogen and oxygen atoms in total. The van der Waals surface area contributed by atoms with Crippen LogP contribution in [0.2, 0.25) is 0 Å². The van der Waals surface area contributed by atoms with E-state index in [0.29, 0.717) is 36.4 Å². The van der Waals surface area contributed by atoms with Crippen LogP contribution in [0.15, 0.2) is 34.9 Å². The van der Waals surface area contributed by atoms with Crippen molar-refractivity contribution in [3.05, 3.63) is 53.2 Å². The van der Waals surface area contributed by atoms with Crippen molar-refractivity contribution in [1.82, 2.24) is 14.9 Å². The second kappa shape index (κ2) is 6.37. The highest BCUT2D eigenvalue weighted by Crippen LogP contribution is 2.31. The number of aromatic nitrogens is 2. The maximum atomic E-state index is 13.1. The van der Waals surface area contributed by atoms with Gasteiger partial charge in [0.1, 0.15) is 17.8 Å². The van der Waals surface area contributed by atoms with Crippen molar-refractivity contribution < 1.29 is 14.0 Å². The lowest BCUT2D eigenvalue weighted by molar-refractivity contribution is 0.0699. The van der Waals surface area contributed by atoms with Crippen LogP contribution in [0.4, 0.5) is 0 Å². The van der Waals surface area contributed by atoms with Crippen LogP contribution < -0.4 is 0 Å². The fourth-order valence-corrected chi connectivity index (χ4v) is 4.30. The minimum Gasteiger partial charge on any atom is -0.468 e. The molecular formula is C21H21N3O3. The summed E-state index contributed by atoms with van der Waals surface area (Å²) >= 11 is 0. The van der Waals surface area contributed by atoms with Crippen molar-refractivity contribution in [1.29, 1.82) is 0 Å². The number of H-pyrrole nitrogens is 1. The fourth-order valence-electron chi connectivity index (χ4n) is 4.30. The number of hydrogen-bond donors (Lipinski definition) is 1. The third kappa shape index (κ3) is 2.76. The minimum atomic E-state index is -0.101. The molecule has 0 radical (unpaired) electrons. The highest BCUT2D eigenvalue weighted by atomic mass is 16.3. The van der Waals surface area contributed by atoms with Gasteiger partial charge in [0, 0.05) is 31.8 Å². The number of para-hydroxylation sites is 2. The van der Waals surface area contributed by atoms with Crippen molar-refractivity contribution in [2.24, 2.45) is 0 Å². The number of nitrogens with zero attached hydrogens (tertiary/aromatic N) is 2. The van der Waals surface area contributed by atoms with Crippen LogP contribution in [-0.2, 0) is 6.42 Å². The Balaban J connectivity index is 1.40. The molecule has 138 valence electrons. The lowest BCUT2D eigenvalue weighted by Crippen LogP contribution is -2.39. The number of likely N-dealkylation sites (tertiary alicyclic amines) is 1. The molecule has 1 atom stereocenters. The van der Waals surface area contributed by atoms with Gasteiger partial charge < -0.3 is 14.3 Å². The Bertz CT molecular complexity index is 999. The summed E-state index contributed by atoms with van der Waals surface area (Å²) < 4.78 is 5.53. The number of furan rings is 1. The largest absolute Gasteiger partial charge is 0.468 e. The molecule has 0 saturated carbocycles. The van der Waals surface area contributed by atoms with E-state index < -0.39 is 0 Å². The summed E-state index contributed by atoms with van der Waals surface area (Å²) in [6, 6.07) is 7.97. The van der Waals surface area contributed by atoms with Crippen molar-refractivity contribution in [2.75, 3.05) is 13.1 Å². The number of ketones is 1. The summed E-state index contributed by atoms with van der Waals surface area (Å²) in [5.41, 5.74) is 2.91.